The molecule has 33 heavy (non-hydrogen) atoms. The number of hydrogen-bond acceptors (Lipinski definition) is 5. The predicted molar refractivity (Wildman–Crippen MR) is 131 cm³/mol. The van der Waals surface area contributed by atoms with Crippen molar-refractivity contribution >= 4 is 28.6 Å². The quantitative estimate of drug-likeness (QED) is 0.460. The molecule has 1 atom stereocenters. The van der Waals surface area contributed by atoms with E-state index >= 15 is 0 Å². The van der Waals surface area contributed by atoms with Crippen molar-refractivity contribution in [3.05, 3.63) is 63.9 Å². The zero-order valence-corrected chi connectivity index (χ0v) is 19.7. The minimum atomic E-state index is -0.101. The molecule has 0 N–H and O–H groups in total. The van der Waals surface area contributed by atoms with Crippen LogP contribution in [0.25, 0.3) is 22.6 Å². The molecule has 0 bridgehead atoms. The van der Waals surface area contributed by atoms with Gasteiger partial charge in [0, 0.05) is 61.9 Å². The highest BCUT2D eigenvalue weighted by molar-refractivity contribution is 6.33. The van der Waals surface area contributed by atoms with Gasteiger partial charge in [0.1, 0.15) is 5.65 Å². The summed E-state index contributed by atoms with van der Waals surface area (Å²) in [4.78, 5) is 27.3. The number of nitrogens with zero attached hydrogens (tertiary/aromatic N) is 6. The number of hydrogen-bond donors (Lipinski definition) is 0. The van der Waals surface area contributed by atoms with E-state index in [1.54, 1.807) is 10.5 Å². The first-order valence-electron chi connectivity index (χ1n) is 11.7. The Morgan fingerprint density at radius 1 is 1.06 bits per heavy atom. The Bertz CT molecular complexity index is 1420. The summed E-state index contributed by atoms with van der Waals surface area (Å²) in [6, 6.07) is 8.69. The number of aryl methyl sites for hydroxylation is 1. The van der Waals surface area contributed by atoms with E-state index in [2.05, 4.69) is 27.8 Å². The second kappa shape index (κ2) is 7.85. The molecule has 0 amide bonds. The van der Waals surface area contributed by atoms with Crippen LogP contribution in [0, 0.1) is 6.92 Å². The first-order chi connectivity index (χ1) is 16.0. The van der Waals surface area contributed by atoms with Gasteiger partial charge in [-0.15, -0.1) is 0 Å². The smallest absolute Gasteiger partial charge is 0.258 e. The zero-order chi connectivity index (χ0) is 22.7. The van der Waals surface area contributed by atoms with Gasteiger partial charge in [-0.25, -0.2) is 9.97 Å². The predicted octanol–water partition coefficient (Wildman–Crippen LogP) is 4.03. The van der Waals surface area contributed by atoms with E-state index in [4.69, 9.17) is 16.6 Å². The first kappa shape index (κ1) is 20.7. The lowest BCUT2D eigenvalue weighted by molar-refractivity contribution is 0.0775. The van der Waals surface area contributed by atoms with Gasteiger partial charge in [-0.2, -0.15) is 0 Å². The lowest BCUT2D eigenvalue weighted by Gasteiger charge is -2.47. The molecule has 5 heterocycles. The fourth-order valence-electron chi connectivity index (χ4n) is 5.21. The van der Waals surface area contributed by atoms with E-state index in [1.807, 2.05) is 42.0 Å². The fourth-order valence-corrected chi connectivity index (χ4v) is 5.47. The first-order valence-corrected chi connectivity index (χ1v) is 12.0. The highest BCUT2D eigenvalue weighted by Gasteiger charge is 2.32. The Balaban J connectivity index is 1.32. The maximum atomic E-state index is 13.1. The van der Waals surface area contributed by atoms with Crippen molar-refractivity contribution in [1.82, 2.24) is 23.7 Å². The summed E-state index contributed by atoms with van der Waals surface area (Å²) >= 11 is 6.44. The van der Waals surface area contributed by atoms with Gasteiger partial charge in [0.05, 0.1) is 22.1 Å². The third-order valence-electron chi connectivity index (χ3n) is 7.15. The third-order valence-corrected chi connectivity index (χ3v) is 7.43. The van der Waals surface area contributed by atoms with Crippen LogP contribution in [0.2, 0.25) is 5.02 Å². The van der Waals surface area contributed by atoms with E-state index in [0.717, 1.165) is 42.6 Å². The van der Waals surface area contributed by atoms with E-state index in [0.29, 0.717) is 28.1 Å². The van der Waals surface area contributed by atoms with Gasteiger partial charge in [0.2, 0.25) is 0 Å². The van der Waals surface area contributed by atoms with Crippen molar-refractivity contribution in [1.29, 1.82) is 0 Å². The van der Waals surface area contributed by atoms with Crippen LogP contribution < -0.4 is 10.5 Å². The molecule has 1 aliphatic carbocycles. The molecule has 170 valence electrons. The molecule has 1 saturated heterocycles. The summed E-state index contributed by atoms with van der Waals surface area (Å²) in [5, 5.41) is 0.535. The van der Waals surface area contributed by atoms with E-state index < -0.39 is 0 Å². The number of piperazine rings is 1. The largest absolute Gasteiger partial charge is 0.367 e. The van der Waals surface area contributed by atoms with Crippen LogP contribution in [-0.4, -0.2) is 55.4 Å². The van der Waals surface area contributed by atoms with Crippen LogP contribution in [-0.2, 0) is 0 Å². The second-order valence-electron chi connectivity index (χ2n) is 9.40. The van der Waals surface area contributed by atoms with Gasteiger partial charge in [0.15, 0.2) is 5.65 Å². The molecule has 4 aromatic heterocycles. The molecule has 2 aliphatic rings. The maximum absolute atomic E-state index is 13.1. The van der Waals surface area contributed by atoms with Gasteiger partial charge in [-0.3, -0.25) is 14.1 Å². The van der Waals surface area contributed by atoms with Gasteiger partial charge in [0.25, 0.3) is 5.56 Å². The number of halogens is 1. The Morgan fingerprint density at radius 3 is 2.67 bits per heavy atom. The van der Waals surface area contributed by atoms with Crippen LogP contribution in [0.1, 0.15) is 31.9 Å². The van der Waals surface area contributed by atoms with Crippen LogP contribution >= 0.6 is 11.6 Å². The van der Waals surface area contributed by atoms with E-state index in [9.17, 15) is 4.79 Å². The van der Waals surface area contributed by atoms with Crippen molar-refractivity contribution in [2.75, 3.05) is 24.5 Å². The summed E-state index contributed by atoms with van der Waals surface area (Å²) in [6.45, 7) is 7.28. The monoisotopic (exact) mass is 462 g/mol. The van der Waals surface area contributed by atoms with Gasteiger partial charge in [-0.05, 0) is 44.9 Å². The summed E-state index contributed by atoms with van der Waals surface area (Å²) < 4.78 is 3.52. The normalized spacial score (nSPS) is 20.0. The van der Waals surface area contributed by atoms with Crippen molar-refractivity contribution in [3.63, 3.8) is 0 Å². The average Bonchev–Trinajstić information content (AvgIpc) is 3.14. The molecule has 8 heteroatoms. The van der Waals surface area contributed by atoms with Crippen LogP contribution in [0.4, 0.5) is 5.69 Å². The third kappa shape index (κ3) is 3.60. The highest BCUT2D eigenvalue weighted by atomic mass is 35.5. The molecule has 1 aliphatic heterocycles. The fraction of sp³-hybridized carbons (Fsp3) is 0.400. The van der Waals surface area contributed by atoms with Crippen LogP contribution in [0.15, 0.2) is 47.7 Å². The minimum absolute atomic E-state index is 0.101. The molecule has 6 rings (SSSR count). The Labute approximate surface area is 197 Å². The van der Waals surface area contributed by atoms with Crippen molar-refractivity contribution < 1.29 is 0 Å². The maximum Gasteiger partial charge on any atom is 0.258 e. The summed E-state index contributed by atoms with van der Waals surface area (Å²) in [7, 11) is 0. The number of aromatic nitrogens is 4. The van der Waals surface area contributed by atoms with Crippen molar-refractivity contribution in [3.8, 4) is 11.3 Å². The molecule has 0 aromatic carbocycles. The molecular formula is C25H27ClN6O. The van der Waals surface area contributed by atoms with Crippen molar-refractivity contribution in [2.24, 2.45) is 0 Å². The van der Waals surface area contributed by atoms with E-state index in [1.165, 1.54) is 19.3 Å². The van der Waals surface area contributed by atoms with Gasteiger partial charge in [-0.1, -0.05) is 18.0 Å². The average molecular weight is 463 g/mol. The summed E-state index contributed by atoms with van der Waals surface area (Å²) in [5.41, 5.74) is 4.57. The molecule has 1 saturated carbocycles. The molecule has 4 aromatic rings. The van der Waals surface area contributed by atoms with Crippen LogP contribution in [0.5, 0.6) is 0 Å². The number of imidazole rings is 1. The molecule has 0 spiro atoms. The lowest BCUT2D eigenvalue weighted by atomic mass is 9.89. The number of anilines is 1. The molecule has 2 fully saturated rings. The Morgan fingerprint density at radius 2 is 1.91 bits per heavy atom. The number of fused-ring (bicyclic) bond motifs is 2. The van der Waals surface area contributed by atoms with Gasteiger partial charge >= 0.3 is 0 Å². The summed E-state index contributed by atoms with van der Waals surface area (Å²) in [5.74, 6) is 0. The number of pyridine rings is 2. The SMILES string of the molecule is Cc1cn2cc(-c3cc(=O)n4cc(N5CCN(C6CCC6)[C@@H](C)C5)ccc4n3)cc(Cl)c2n1. The van der Waals surface area contributed by atoms with Crippen LogP contribution in [0.3, 0.4) is 0 Å². The second-order valence-corrected chi connectivity index (χ2v) is 9.81. The summed E-state index contributed by atoms with van der Waals surface area (Å²) in [6.07, 6.45) is 9.79. The Kier molecular flexibility index (Phi) is 4.92. The zero-order valence-electron chi connectivity index (χ0n) is 18.9. The Hall–Kier alpha value is -2.90. The lowest BCUT2D eigenvalue weighted by Crippen LogP contribution is -2.57. The highest BCUT2D eigenvalue weighted by Crippen LogP contribution is 2.30. The standard InChI is InChI=1S/C25H27ClN6O/c1-16-12-30-14-18(10-21(26)25(30)27-16)22-11-24(33)32-15-20(6-7-23(32)28-22)29-8-9-31(17(2)13-29)19-4-3-5-19/h6-7,10-12,14-15,17,19H,3-5,8-9,13H2,1-2H3/t17-/m0/s1. The minimum Gasteiger partial charge on any atom is -0.367 e. The molecular weight excluding hydrogens is 436 g/mol. The number of rotatable bonds is 3. The topological polar surface area (TPSA) is 58.2 Å². The van der Waals surface area contributed by atoms with E-state index in [-0.39, 0.29) is 5.56 Å². The molecule has 0 radical (unpaired) electrons. The van der Waals surface area contributed by atoms with Gasteiger partial charge < -0.3 is 9.30 Å². The molecule has 7 nitrogen and oxygen atoms in total. The van der Waals surface area contributed by atoms with Crippen molar-refractivity contribution in [2.45, 2.75) is 45.2 Å². The molecule has 0 unspecified atom stereocenters.